The lowest BCUT2D eigenvalue weighted by Gasteiger charge is -2.06. The second kappa shape index (κ2) is 5.45. The molecule has 0 saturated heterocycles. The summed E-state index contributed by atoms with van der Waals surface area (Å²) in [5.41, 5.74) is 7.58. The highest BCUT2D eigenvalue weighted by molar-refractivity contribution is 5.79. The molecule has 98 valence electrons. The molecule has 2 rings (SSSR count). The molecule has 1 aromatic carbocycles. The number of nitro groups is 1. The number of aromatic nitrogens is 1. The number of methoxy groups -OCH3 is 1. The first-order chi connectivity index (χ1) is 9.13. The standard InChI is InChI=1S/C13H13N3O3/c1-19-8-9-2-4-10(5-3-9)11-6-7-15-13(14)12(11)16(17)18/h2-7H,8H2,1H3,(H2,14,15). The molecular weight excluding hydrogens is 246 g/mol. The summed E-state index contributed by atoms with van der Waals surface area (Å²) >= 11 is 0. The Morgan fingerprint density at radius 2 is 2.00 bits per heavy atom. The number of nitrogen functional groups attached to an aromatic ring is 1. The maximum atomic E-state index is 11.1. The van der Waals surface area contributed by atoms with Gasteiger partial charge in [-0.1, -0.05) is 24.3 Å². The Labute approximate surface area is 110 Å². The molecule has 0 aliphatic rings. The Kier molecular flexibility index (Phi) is 3.72. The van der Waals surface area contributed by atoms with Gasteiger partial charge < -0.3 is 10.5 Å². The average molecular weight is 259 g/mol. The summed E-state index contributed by atoms with van der Waals surface area (Å²) in [4.78, 5) is 14.3. The van der Waals surface area contributed by atoms with Gasteiger partial charge in [0, 0.05) is 13.3 Å². The van der Waals surface area contributed by atoms with Crippen molar-refractivity contribution in [3.05, 3.63) is 52.2 Å². The van der Waals surface area contributed by atoms with Crippen molar-refractivity contribution in [3.63, 3.8) is 0 Å². The Morgan fingerprint density at radius 3 is 2.58 bits per heavy atom. The van der Waals surface area contributed by atoms with Crippen molar-refractivity contribution in [3.8, 4) is 11.1 Å². The van der Waals surface area contributed by atoms with Gasteiger partial charge in [-0.3, -0.25) is 10.1 Å². The van der Waals surface area contributed by atoms with Crippen LogP contribution in [0.15, 0.2) is 36.5 Å². The molecule has 0 aliphatic heterocycles. The van der Waals surface area contributed by atoms with Crippen LogP contribution >= 0.6 is 0 Å². The lowest BCUT2D eigenvalue weighted by atomic mass is 10.0. The van der Waals surface area contributed by atoms with Crippen LogP contribution in [0.2, 0.25) is 0 Å². The Hall–Kier alpha value is -2.47. The van der Waals surface area contributed by atoms with Crippen LogP contribution in [0.25, 0.3) is 11.1 Å². The Bertz CT molecular complexity index is 597. The molecule has 6 nitrogen and oxygen atoms in total. The van der Waals surface area contributed by atoms with Gasteiger partial charge >= 0.3 is 5.69 Å². The second-order valence-corrected chi connectivity index (χ2v) is 3.98. The predicted octanol–water partition coefficient (Wildman–Crippen LogP) is 2.39. The van der Waals surface area contributed by atoms with E-state index in [0.717, 1.165) is 11.1 Å². The van der Waals surface area contributed by atoms with Gasteiger partial charge in [0.15, 0.2) is 0 Å². The number of benzene rings is 1. The van der Waals surface area contributed by atoms with E-state index in [1.54, 1.807) is 25.3 Å². The molecular formula is C13H13N3O3. The fraction of sp³-hybridized carbons (Fsp3) is 0.154. The highest BCUT2D eigenvalue weighted by Gasteiger charge is 2.19. The van der Waals surface area contributed by atoms with E-state index < -0.39 is 4.92 Å². The van der Waals surface area contributed by atoms with Crippen LogP contribution in [0.4, 0.5) is 11.5 Å². The van der Waals surface area contributed by atoms with Crippen molar-refractivity contribution in [2.24, 2.45) is 0 Å². The van der Waals surface area contributed by atoms with E-state index in [1.807, 2.05) is 12.1 Å². The number of ether oxygens (including phenoxy) is 1. The van der Waals surface area contributed by atoms with Gasteiger partial charge in [0.25, 0.3) is 0 Å². The normalized spacial score (nSPS) is 10.4. The minimum Gasteiger partial charge on any atom is -0.380 e. The summed E-state index contributed by atoms with van der Waals surface area (Å²) in [6, 6.07) is 8.91. The van der Waals surface area contributed by atoms with Crippen molar-refractivity contribution < 1.29 is 9.66 Å². The SMILES string of the molecule is COCc1ccc(-c2ccnc(N)c2[N+](=O)[O-])cc1. The summed E-state index contributed by atoms with van der Waals surface area (Å²) in [7, 11) is 1.61. The Morgan fingerprint density at radius 1 is 1.32 bits per heavy atom. The zero-order valence-corrected chi connectivity index (χ0v) is 10.4. The largest absolute Gasteiger partial charge is 0.380 e. The van der Waals surface area contributed by atoms with Gasteiger partial charge in [0.2, 0.25) is 5.82 Å². The molecule has 0 amide bonds. The lowest BCUT2D eigenvalue weighted by Crippen LogP contribution is -2.00. The van der Waals surface area contributed by atoms with E-state index in [4.69, 9.17) is 10.5 Å². The second-order valence-electron chi connectivity index (χ2n) is 3.98. The van der Waals surface area contributed by atoms with Gasteiger partial charge in [-0.15, -0.1) is 0 Å². The third-order valence-electron chi connectivity index (χ3n) is 2.71. The molecule has 19 heavy (non-hydrogen) atoms. The summed E-state index contributed by atoms with van der Waals surface area (Å²) in [5, 5.41) is 11.1. The first-order valence-electron chi connectivity index (χ1n) is 5.60. The third-order valence-corrected chi connectivity index (χ3v) is 2.71. The van der Waals surface area contributed by atoms with Crippen LogP contribution < -0.4 is 5.73 Å². The molecule has 1 heterocycles. The molecule has 6 heteroatoms. The highest BCUT2D eigenvalue weighted by Crippen LogP contribution is 2.33. The number of hydrogen-bond acceptors (Lipinski definition) is 5. The number of rotatable bonds is 4. The minimum atomic E-state index is -0.513. The fourth-order valence-electron chi connectivity index (χ4n) is 1.84. The predicted molar refractivity (Wildman–Crippen MR) is 71.5 cm³/mol. The van der Waals surface area contributed by atoms with Gasteiger partial charge in [-0.25, -0.2) is 4.98 Å². The maximum absolute atomic E-state index is 11.1. The molecule has 0 fully saturated rings. The summed E-state index contributed by atoms with van der Waals surface area (Å²) in [5.74, 6) is -0.0801. The number of nitrogens with two attached hydrogens (primary N) is 1. The minimum absolute atomic E-state index is 0.0801. The molecule has 2 N–H and O–H groups in total. The Balaban J connectivity index is 2.47. The average Bonchev–Trinajstić information content (AvgIpc) is 2.39. The van der Waals surface area contributed by atoms with E-state index >= 15 is 0 Å². The van der Waals surface area contributed by atoms with Crippen molar-refractivity contribution in [2.45, 2.75) is 6.61 Å². The zero-order chi connectivity index (χ0) is 13.8. The molecule has 0 aliphatic carbocycles. The lowest BCUT2D eigenvalue weighted by molar-refractivity contribution is -0.383. The molecule has 0 unspecified atom stereocenters. The monoisotopic (exact) mass is 259 g/mol. The summed E-state index contributed by atoms with van der Waals surface area (Å²) < 4.78 is 5.02. The molecule has 0 bridgehead atoms. The van der Waals surface area contributed by atoms with Gasteiger partial charge in [0.1, 0.15) is 0 Å². The van der Waals surface area contributed by atoms with Gasteiger partial charge in [-0.05, 0) is 17.2 Å². The first kappa shape index (κ1) is 13.0. The van der Waals surface area contributed by atoms with Gasteiger partial charge in [0.05, 0.1) is 17.1 Å². The number of anilines is 1. The van der Waals surface area contributed by atoms with Crippen LogP contribution in [0, 0.1) is 10.1 Å². The van der Waals surface area contributed by atoms with Crippen LogP contribution in [0.1, 0.15) is 5.56 Å². The zero-order valence-electron chi connectivity index (χ0n) is 10.4. The quantitative estimate of drug-likeness (QED) is 0.672. The van der Waals surface area contributed by atoms with Crippen molar-refractivity contribution in [1.29, 1.82) is 0 Å². The van der Waals surface area contributed by atoms with E-state index in [1.165, 1.54) is 6.20 Å². The van der Waals surface area contributed by atoms with Crippen LogP contribution in [0.5, 0.6) is 0 Å². The maximum Gasteiger partial charge on any atom is 0.318 e. The molecule has 0 spiro atoms. The van der Waals surface area contributed by atoms with E-state index in [2.05, 4.69) is 4.98 Å². The summed E-state index contributed by atoms with van der Waals surface area (Å²) in [6.45, 7) is 0.501. The van der Waals surface area contributed by atoms with Crippen LogP contribution in [-0.2, 0) is 11.3 Å². The number of pyridine rings is 1. The van der Waals surface area contributed by atoms with Crippen LogP contribution in [-0.4, -0.2) is 17.0 Å². The smallest absolute Gasteiger partial charge is 0.318 e. The number of hydrogen-bond donors (Lipinski definition) is 1. The van der Waals surface area contributed by atoms with Crippen molar-refractivity contribution >= 4 is 11.5 Å². The first-order valence-corrected chi connectivity index (χ1v) is 5.60. The fourth-order valence-corrected chi connectivity index (χ4v) is 1.84. The van der Waals surface area contributed by atoms with E-state index in [0.29, 0.717) is 12.2 Å². The number of nitrogens with zero attached hydrogens (tertiary/aromatic N) is 2. The molecule has 2 aromatic rings. The molecule has 0 saturated carbocycles. The van der Waals surface area contributed by atoms with Crippen LogP contribution in [0.3, 0.4) is 0 Å². The topological polar surface area (TPSA) is 91.3 Å². The van der Waals surface area contributed by atoms with Crippen molar-refractivity contribution in [1.82, 2.24) is 4.98 Å². The third kappa shape index (κ3) is 2.69. The summed E-state index contributed by atoms with van der Waals surface area (Å²) in [6.07, 6.45) is 1.46. The van der Waals surface area contributed by atoms with Gasteiger partial charge in [-0.2, -0.15) is 0 Å². The van der Waals surface area contributed by atoms with E-state index in [9.17, 15) is 10.1 Å². The van der Waals surface area contributed by atoms with E-state index in [-0.39, 0.29) is 11.5 Å². The molecule has 0 radical (unpaired) electrons. The molecule has 1 aromatic heterocycles. The highest BCUT2D eigenvalue weighted by atomic mass is 16.6. The van der Waals surface area contributed by atoms with Crippen molar-refractivity contribution in [2.75, 3.05) is 12.8 Å². The molecule has 0 atom stereocenters.